The second-order valence-corrected chi connectivity index (χ2v) is 9.49. The van der Waals surface area contributed by atoms with E-state index in [2.05, 4.69) is 0 Å². The predicted molar refractivity (Wildman–Crippen MR) is 146 cm³/mol. The van der Waals surface area contributed by atoms with Gasteiger partial charge >= 0.3 is 36.5 Å². The summed E-state index contributed by atoms with van der Waals surface area (Å²) < 4.78 is 100. The van der Waals surface area contributed by atoms with Crippen molar-refractivity contribution in [3.63, 3.8) is 0 Å². The van der Waals surface area contributed by atoms with Crippen LogP contribution in [0.1, 0.15) is 52.6 Å². The molecule has 0 aliphatic rings. The van der Waals surface area contributed by atoms with Crippen molar-refractivity contribution in [3.8, 4) is 23.0 Å². The molecule has 4 rings (SSSR count). The maximum atomic E-state index is 15.8. The van der Waals surface area contributed by atoms with Gasteiger partial charge in [-0.2, -0.15) is 22.0 Å². The molecular weight excluding hydrogens is 646 g/mol. The number of carboxylic acid groups (broad SMARTS) is 4. The molecule has 0 aromatic heterocycles. The first-order valence-electron chi connectivity index (χ1n) is 12.7. The fourth-order valence-corrected chi connectivity index (χ4v) is 4.63. The maximum Gasteiger partial charge on any atom is 0.408 e. The molecule has 16 heteroatoms. The van der Waals surface area contributed by atoms with Gasteiger partial charge in [-0.15, -0.1) is 0 Å². The van der Waals surface area contributed by atoms with E-state index in [1.807, 2.05) is 0 Å². The van der Waals surface area contributed by atoms with Crippen molar-refractivity contribution >= 4 is 23.9 Å². The Kier molecular flexibility index (Phi) is 9.17. The van der Waals surface area contributed by atoms with Gasteiger partial charge < -0.3 is 29.9 Å². The van der Waals surface area contributed by atoms with E-state index in [4.69, 9.17) is 9.47 Å². The molecule has 4 aromatic rings. The van der Waals surface area contributed by atoms with E-state index in [-0.39, 0.29) is 5.75 Å². The summed E-state index contributed by atoms with van der Waals surface area (Å²) in [6, 6.07) is 9.79. The third kappa shape index (κ3) is 6.38. The van der Waals surface area contributed by atoms with Crippen LogP contribution in [0, 0.1) is 12.2 Å². The Labute approximate surface area is 258 Å². The summed E-state index contributed by atoms with van der Waals surface area (Å²) in [6.07, 6.45) is -9.25. The maximum absolute atomic E-state index is 15.8. The highest BCUT2D eigenvalue weighted by molar-refractivity contribution is 6.02. The molecule has 1 atom stereocenters. The van der Waals surface area contributed by atoms with E-state index in [1.54, 1.807) is 0 Å². The van der Waals surface area contributed by atoms with Crippen LogP contribution in [-0.2, 0) is 5.41 Å². The zero-order valence-electron chi connectivity index (χ0n) is 23.0. The van der Waals surface area contributed by atoms with Crippen LogP contribution in [0.2, 0.25) is 0 Å². The number of hydrogen-bond donors (Lipinski definition) is 4. The fraction of sp³-hybridized carbons (Fsp3) is 0.0645. The smallest absolute Gasteiger partial charge is 0.408 e. The number of aromatic carboxylic acids is 4. The molecule has 10 nitrogen and oxygen atoms in total. The molecule has 1 radical (unpaired) electrons. The average molecular weight is 663 g/mol. The van der Waals surface area contributed by atoms with Gasteiger partial charge in [0, 0.05) is 5.56 Å². The van der Waals surface area contributed by atoms with Crippen LogP contribution in [0.5, 0.6) is 23.0 Å². The molecule has 0 aliphatic carbocycles. The second-order valence-electron chi connectivity index (χ2n) is 9.49. The molecule has 243 valence electrons. The highest BCUT2D eigenvalue weighted by Gasteiger charge is 2.66. The lowest BCUT2D eigenvalue weighted by Crippen LogP contribution is -2.46. The van der Waals surface area contributed by atoms with Crippen molar-refractivity contribution < 1.29 is 75.4 Å². The van der Waals surface area contributed by atoms with E-state index in [9.17, 15) is 61.6 Å². The van der Waals surface area contributed by atoms with Crippen LogP contribution in [0.15, 0.2) is 78.9 Å². The first kappa shape index (κ1) is 33.8. The van der Waals surface area contributed by atoms with Gasteiger partial charge in [-0.1, -0.05) is 24.3 Å². The zero-order valence-corrected chi connectivity index (χ0v) is 23.0. The highest BCUT2D eigenvalue weighted by Crippen LogP contribution is 2.55. The van der Waals surface area contributed by atoms with Gasteiger partial charge in [0.15, 0.2) is 17.0 Å². The average Bonchev–Trinajstić information content (AvgIpc) is 2.98. The lowest BCUT2D eigenvalue weighted by Gasteiger charge is -2.35. The molecule has 0 saturated heterocycles. The normalized spacial score (nSPS) is 12.7. The van der Waals surface area contributed by atoms with Gasteiger partial charge in [-0.25, -0.2) is 23.6 Å². The Morgan fingerprint density at radius 2 is 1.04 bits per heavy atom. The van der Waals surface area contributed by atoms with Gasteiger partial charge in [0.2, 0.25) is 0 Å². The molecule has 0 heterocycles. The summed E-state index contributed by atoms with van der Waals surface area (Å²) in [6.45, 7) is 0. The first-order valence-corrected chi connectivity index (χ1v) is 12.7. The molecule has 0 saturated carbocycles. The Morgan fingerprint density at radius 1 is 0.574 bits per heavy atom. The Hall–Kier alpha value is -6.06. The third-order valence-corrected chi connectivity index (χ3v) is 6.71. The van der Waals surface area contributed by atoms with E-state index in [0.29, 0.717) is 24.3 Å². The van der Waals surface area contributed by atoms with Gasteiger partial charge in [-0.05, 0) is 60.2 Å². The van der Waals surface area contributed by atoms with Crippen molar-refractivity contribution in [2.75, 3.05) is 0 Å². The predicted octanol–water partition coefficient (Wildman–Crippen LogP) is 7.48. The topological polar surface area (TPSA) is 168 Å². The molecule has 47 heavy (non-hydrogen) atoms. The number of hydrogen-bond acceptors (Lipinski definition) is 6. The molecule has 0 fully saturated rings. The number of carbonyl (C=O) groups is 4. The van der Waals surface area contributed by atoms with E-state index in [1.165, 1.54) is 0 Å². The molecule has 4 N–H and O–H groups in total. The lowest BCUT2D eigenvalue weighted by atomic mass is 9.73. The molecule has 0 amide bonds. The SMILES string of the molecule is O=C(O)c1ccc(Oc2cccc(C([C](F)F)(c3cccc(Oc4ccc(C(=O)O)c(C(=O)O)c4)c3F)C(F)(F)F)c2)cc1C(=O)O. The van der Waals surface area contributed by atoms with Gasteiger partial charge in [0.1, 0.15) is 17.2 Å². The molecule has 1 unspecified atom stereocenters. The minimum atomic E-state index is -5.93. The standard InChI is InChI=1S/C31H17F6O10/c32-24-22(5-2-6-23(24)47-17-8-10-19(26(40)41)21(13-17)28(44)45)30(29(33)34,31(35,36)37)14-3-1-4-15(11-14)46-16-7-9-18(25(38)39)20(12-16)27(42)43/h1-13H,(H,38,39)(H,40,41)(H,42,43)(H,44,45). The van der Waals surface area contributed by atoms with Gasteiger partial charge in [0.05, 0.1) is 22.3 Å². The van der Waals surface area contributed by atoms with Crippen LogP contribution in [0.3, 0.4) is 0 Å². The lowest BCUT2D eigenvalue weighted by molar-refractivity contribution is -0.190. The number of alkyl halides is 3. The van der Waals surface area contributed by atoms with Crippen molar-refractivity contribution in [2.24, 2.45) is 0 Å². The number of ether oxygens (including phenoxy) is 2. The minimum absolute atomic E-state index is 0.386. The second kappa shape index (κ2) is 12.7. The van der Waals surface area contributed by atoms with Crippen molar-refractivity contribution in [3.05, 3.63) is 124 Å². The summed E-state index contributed by atoms with van der Waals surface area (Å²) in [7, 11) is 0. The summed E-state index contributed by atoms with van der Waals surface area (Å²) in [5.41, 5.74) is -10.2. The molecule has 0 spiro atoms. The molecular formula is C31H17F6O10. The van der Waals surface area contributed by atoms with Crippen molar-refractivity contribution in [1.82, 2.24) is 0 Å². The number of halogens is 6. The quantitative estimate of drug-likeness (QED) is 0.118. The first-order chi connectivity index (χ1) is 22.0. The summed E-state index contributed by atoms with van der Waals surface area (Å²) in [4.78, 5) is 45.6. The Balaban J connectivity index is 1.84. The van der Waals surface area contributed by atoms with E-state index >= 15 is 4.39 Å². The van der Waals surface area contributed by atoms with E-state index in [0.717, 1.165) is 54.6 Å². The van der Waals surface area contributed by atoms with Crippen LogP contribution < -0.4 is 9.47 Å². The number of benzene rings is 4. The van der Waals surface area contributed by atoms with Crippen molar-refractivity contribution in [2.45, 2.75) is 11.6 Å². The fourth-order valence-electron chi connectivity index (χ4n) is 4.63. The largest absolute Gasteiger partial charge is 0.478 e. The molecule has 4 aromatic carbocycles. The minimum Gasteiger partial charge on any atom is -0.478 e. The number of carboxylic acids is 4. The van der Waals surface area contributed by atoms with Gasteiger partial charge in [-0.3, -0.25) is 0 Å². The monoisotopic (exact) mass is 663 g/mol. The number of rotatable bonds is 11. The van der Waals surface area contributed by atoms with Crippen LogP contribution in [-0.4, -0.2) is 50.5 Å². The van der Waals surface area contributed by atoms with E-state index < -0.39 is 98.3 Å². The zero-order chi connectivity index (χ0) is 34.8. The van der Waals surface area contributed by atoms with Crippen LogP contribution in [0.4, 0.5) is 26.3 Å². The Morgan fingerprint density at radius 3 is 1.51 bits per heavy atom. The molecule has 0 bridgehead atoms. The molecule has 0 aliphatic heterocycles. The van der Waals surface area contributed by atoms with Crippen LogP contribution >= 0.6 is 0 Å². The summed E-state index contributed by atoms with van der Waals surface area (Å²) in [5, 5.41) is 37.0. The third-order valence-electron chi connectivity index (χ3n) is 6.71. The summed E-state index contributed by atoms with van der Waals surface area (Å²) in [5.74, 6) is -11.1. The van der Waals surface area contributed by atoms with Gasteiger partial charge in [0.25, 0.3) is 0 Å². The highest BCUT2D eigenvalue weighted by atomic mass is 19.4. The summed E-state index contributed by atoms with van der Waals surface area (Å²) >= 11 is 0. The van der Waals surface area contributed by atoms with Crippen LogP contribution in [0.25, 0.3) is 0 Å². The van der Waals surface area contributed by atoms with Crippen molar-refractivity contribution in [1.29, 1.82) is 0 Å². The Bertz CT molecular complexity index is 1910.